The number of nitrogens with one attached hydrogen (secondary N) is 4. The first-order chi connectivity index (χ1) is 31.4. The molecule has 0 bridgehead atoms. The predicted molar refractivity (Wildman–Crippen MR) is 250 cm³/mol. The lowest BCUT2D eigenvalue weighted by Gasteiger charge is -2.23. The number of nitrogens with two attached hydrogens (primary N) is 1. The molecule has 2 unspecified atom stereocenters. The van der Waals surface area contributed by atoms with Gasteiger partial charge in [0.2, 0.25) is 0 Å². The van der Waals surface area contributed by atoms with Gasteiger partial charge >= 0.3 is 12.0 Å². The van der Waals surface area contributed by atoms with Crippen molar-refractivity contribution in [3.63, 3.8) is 0 Å². The minimum absolute atomic E-state index is 0.0626. The van der Waals surface area contributed by atoms with Crippen LogP contribution in [0.2, 0.25) is 0 Å². The summed E-state index contributed by atoms with van der Waals surface area (Å²) in [4.78, 5) is 67.5. The number of aromatic hydroxyl groups is 2. The summed E-state index contributed by atoms with van der Waals surface area (Å²) in [7, 11) is 4.21. The van der Waals surface area contributed by atoms with Gasteiger partial charge in [0.1, 0.15) is 5.69 Å². The van der Waals surface area contributed by atoms with Crippen molar-refractivity contribution in [3.05, 3.63) is 64.1 Å². The highest BCUT2D eigenvalue weighted by molar-refractivity contribution is 6.18. The maximum Gasteiger partial charge on any atom is 0.319 e. The fraction of sp³-hybridized carbons (Fsp3) is 0.417. The molecule has 16 nitrogen and oxygen atoms in total. The van der Waals surface area contributed by atoms with E-state index in [-0.39, 0.29) is 70.8 Å². The van der Waals surface area contributed by atoms with Crippen LogP contribution in [0.3, 0.4) is 0 Å². The van der Waals surface area contributed by atoms with Crippen molar-refractivity contribution in [2.24, 2.45) is 17.6 Å². The molecule has 8 N–H and O–H groups in total. The van der Waals surface area contributed by atoms with Gasteiger partial charge in [0.25, 0.3) is 5.91 Å². The van der Waals surface area contributed by atoms with Gasteiger partial charge in [-0.1, -0.05) is 19.8 Å². The molecule has 3 amide bonds. The third-order valence-electron chi connectivity index (χ3n) is 14.0. The highest BCUT2D eigenvalue weighted by atomic mass is 35.5. The zero-order chi connectivity index (χ0) is 45.8. The van der Waals surface area contributed by atoms with E-state index in [0.717, 1.165) is 48.0 Å². The van der Waals surface area contributed by atoms with Crippen LogP contribution in [0, 0.1) is 11.8 Å². The van der Waals surface area contributed by atoms with E-state index < -0.39 is 23.8 Å². The van der Waals surface area contributed by atoms with E-state index in [1.165, 1.54) is 36.7 Å². The zero-order valence-corrected chi connectivity index (χ0v) is 37.7. The Labute approximate surface area is 379 Å². The summed E-state index contributed by atoms with van der Waals surface area (Å²) < 4.78 is 16.7. The molecule has 3 aliphatic heterocycles. The molecule has 6 heterocycles. The number of amides is 3. The number of esters is 1. The molecule has 0 radical (unpaired) electrons. The molecule has 9 rings (SSSR count). The number of urea groups is 1. The molecular formula is C48H54ClN7O9. The second-order valence-corrected chi connectivity index (χ2v) is 17.7. The Morgan fingerprint density at radius 2 is 1.46 bits per heavy atom. The molecule has 0 fully saturated rings. The maximum atomic E-state index is 14.8. The third-order valence-corrected chi connectivity index (χ3v) is 14.2. The fourth-order valence-corrected chi connectivity index (χ4v) is 11.1. The van der Waals surface area contributed by atoms with Crippen LogP contribution in [0.15, 0.2) is 30.5 Å². The highest BCUT2D eigenvalue weighted by Gasteiger charge is 2.38. The van der Waals surface area contributed by atoms with Gasteiger partial charge in [-0.2, -0.15) is 0 Å². The van der Waals surface area contributed by atoms with E-state index in [0.29, 0.717) is 83.0 Å². The molecule has 0 saturated heterocycles. The SMILES string of the molecule is CCC(CCCl)CC(CCC[C@H](C(=O)OC)c1cc2c(c3cc[nH]c13)CCN2)C(=O)c1cc2c3c(c(O)c(OC)c2[nH]1)N(C(=O)c1cc2c4c(c(O)c(OC)c2[nH]1)N(C(N)=O)CC4)CC3. The summed E-state index contributed by atoms with van der Waals surface area (Å²) in [5, 5.41) is 28.8. The fourth-order valence-electron chi connectivity index (χ4n) is 10.8. The Morgan fingerprint density at radius 1 is 0.815 bits per heavy atom. The Bertz CT molecular complexity index is 2900. The minimum atomic E-state index is -0.718. The van der Waals surface area contributed by atoms with Crippen LogP contribution in [0.25, 0.3) is 32.7 Å². The molecule has 0 saturated carbocycles. The molecule has 0 aliphatic carbocycles. The topological polar surface area (TPSA) is 228 Å². The molecule has 342 valence electrons. The minimum Gasteiger partial charge on any atom is -0.503 e. The molecule has 17 heteroatoms. The van der Waals surface area contributed by atoms with Crippen LogP contribution in [0.5, 0.6) is 23.0 Å². The molecule has 3 aliphatic rings. The number of carbonyl (C=O) groups excluding carboxylic acids is 4. The number of halogens is 1. The van der Waals surface area contributed by atoms with Crippen LogP contribution in [0.1, 0.15) is 94.6 Å². The van der Waals surface area contributed by atoms with E-state index in [2.05, 4.69) is 39.3 Å². The lowest BCUT2D eigenvalue weighted by molar-refractivity contribution is -0.142. The van der Waals surface area contributed by atoms with Crippen molar-refractivity contribution in [1.29, 1.82) is 0 Å². The van der Waals surface area contributed by atoms with Crippen LogP contribution in [-0.2, 0) is 28.8 Å². The number of rotatable bonds is 16. The predicted octanol–water partition coefficient (Wildman–Crippen LogP) is 8.14. The van der Waals surface area contributed by atoms with Crippen LogP contribution in [0.4, 0.5) is 21.9 Å². The number of phenols is 2. The van der Waals surface area contributed by atoms with Gasteiger partial charge in [-0.05, 0) is 97.4 Å². The van der Waals surface area contributed by atoms with Crippen molar-refractivity contribution < 1.29 is 43.6 Å². The smallest absolute Gasteiger partial charge is 0.319 e. The second kappa shape index (κ2) is 17.4. The summed E-state index contributed by atoms with van der Waals surface area (Å²) in [5.74, 6) is -1.53. The summed E-state index contributed by atoms with van der Waals surface area (Å²) in [5.41, 5.74) is 12.9. The van der Waals surface area contributed by atoms with Gasteiger partial charge in [-0.25, -0.2) is 4.79 Å². The number of alkyl halides is 1. The number of H-pyrrole nitrogens is 3. The van der Waals surface area contributed by atoms with Gasteiger partial charge < -0.3 is 55.3 Å². The maximum absolute atomic E-state index is 14.8. The first-order valence-corrected chi connectivity index (χ1v) is 22.8. The standard InChI is InChI=1S/C48H54ClN7O9/c1-5-23(9-14-49)19-24(7-6-8-29(47(61)65-4)32-20-33-25(10-15-51-33)26-11-16-52-36(26)32)41(57)34-21-30-27-12-17-55(39(27)42(58)44(63-2)37(30)53-34)46(60)35-22-31-28-13-18-56(48(50)62)40(28)43(59)45(64-3)38(31)54-35/h11,16,20-24,29,51-54,58-59H,5-10,12-15,17-19H2,1-4H3,(H2,50,62)/t23?,24?,29-/m0/s1. The van der Waals surface area contributed by atoms with E-state index in [9.17, 15) is 29.4 Å². The van der Waals surface area contributed by atoms with Gasteiger partial charge in [-0.3, -0.25) is 19.3 Å². The largest absolute Gasteiger partial charge is 0.503 e. The summed E-state index contributed by atoms with van der Waals surface area (Å²) in [6.45, 7) is 3.41. The van der Waals surface area contributed by atoms with Gasteiger partial charge in [-0.15, -0.1) is 11.6 Å². The summed E-state index contributed by atoms with van der Waals surface area (Å²) in [6, 6.07) is 6.85. The number of ether oxygens (including phenoxy) is 3. The Hall–Kier alpha value is -6.55. The van der Waals surface area contributed by atoms with E-state index >= 15 is 0 Å². The molecular weight excluding hydrogens is 854 g/mol. The van der Waals surface area contributed by atoms with Crippen LogP contribution < -0.4 is 30.3 Å². The number of carbonyl (C=O) groups is 4. The number of fused-ring (bicyclic) bond motifs is 9. The average Bonchev–Trinajstić information content (AvgIpc) is 4.16. The lowest BCUT2D eigenvalue weighted by atomic mass is 9.82. The quantitative estimate of drug-likeness (QED) is 0.0280. The molecule has 3 atom stereocenters. The number of nitrogens with zero attached hydrogens (tertiary/aromatic N) is 2. The van der Waals surface area contributed by atoms with Gasteiger partial charge in [0, 0.05) is 65.0 Å². The summed E-state index contributed by atoms with van der Waals surface area (Å²) >= 11 is 6.25. The first-order valence-electron chi connectivity index (χ1n) is 22.3. The number of aromatic amines is 3. The normalized spacial score (nSPS) is 15.5. The Morgan fingerprint density at radius 3 is 2.09 bits per heavy atom. The number of benzene rings is 3. The van der Waals surface area contributed by atoms with Crippen molar-refractivity contribution in [1.82, 2.24) is 15.0 Å². The zero-order valence-electron chi connectivity index (χ0n) is 36.9. The number of phenolic OH excluding ortho intramolecular Hbond substituents is 2. The Balaban J connectivity index is 1.03. The monoisotopic (exact) mass is 907 g/mol. The lowest BCUT2D eigenvalue weighted by Crippen LogP contribution is -2.34. The van der Waals surface area contributed by atoms with Gasteiger partial charge in [0.05, 0.1) is 55.3 Å². The molecule has 6 aromatic rings. The second-order valence-electron chi connectivity index (χ2n) is 17.3. The van der Waals surface area contributed by atoms with Crippen molar-refractivity contribution in [2.75, 3.05) is 62.0 Å². The number of hydrogen-bond donors (Lipinski definition) is 7. The number of ketones is 1. The number of hydrogen-bond acceptors (Lipinski definition) is 10. The van der Waals surface area contributed by atoms with Gasteiger partial charge in [0.15, 0.2) is 28.8 Å². The number of primary amides is 1. The molecule has 65 heavy (non-hydrogen) atoms. The molecule has 3 aromatic carbocycles. The van der Waals surface area contributed by atoms with Crippen molar-refractivity contribution in [3.8, 4) is 23.0 Å². The highest BCUT2D eigenvalue weighted by Crippen LogP contribution is 2.52. The number of anilines is 3. The number of aromatic nitrogens is 3. The molecule has 3 aromatic heterocycles. The van der Waals surface area contributed by atoms with E-state index in [1.807, 2.05) is 6.20 Å². The Kier molecular flexibility index (Phi) is 11.7. The molecule has 0 spiro atoms. The number of Topliss-reactive ketones (excluding diaryl/α,β-unsaturated/α-hetero) is 1. The van der Waals surface area contributed by atoms with E-state index in [4.69, 9.17) is 31.5 Å². The van der Waals surface area contributed by atoms with Crippen LogP contribution >= 0.6 is 11.6 Å². The third kappa shape index (κ3) is 7.22. The first kappa shape index (κ1) is 43.7. The number of methoxy groups -OCH3 is 3. The summed E-state index contributed by atoms with van der Waals surface area (Å²) in [6.07, 6.45) is 7.35. The van der Waals surface area contributed by atoms with E-state index in [1.54, 1.807) is 12.1 Å². The van der Waals surface area contributed by atoms with Crippen molar-refractivity contribution >= 4 is 85.1 Å². The van der Waals surface area contributed by atoms with Crippen LogP contribution in [-0.4, -0.2) is 95.7 Å². The average molecular weight is 908 g/mol. The van der Waals surface area contributed by atoms with Crippen molar-refractivity contribution in [2.45, 2.75) is 70.6 Å².